The molecule has 3 atom stereocenters. The van der Waals surface area contributed by atoms with Crippen molar-refractivity contribution in [1.29, 1.82) is 0 Å². The first kappa shape index (κ1) is 24.4. The third-order valence-electron chi connectivity index (χ3n) is 7.04. The molecule has 0 radical (unpaired) electrons. The summed E-state index contributed by atoms with van der Waals surface area (Å²) in [6, 6.07) is 15.5. The van der Waals surface area contributed by atoms with Crippen LogP contribution in [0.1, 0.15) is 60.0 Å². The van der Waals surface area contributed by atoms with Gasteiger partial charge in [-0.15, -0.1) is 11.8 Å². The number of thioether (sulfide) groups is 1. The zero-order valence-electron chi connectivity index (χ0n) is 19.8. The van der Waals surface area contributed by atoms with E-state index < -0.39 is 0 Å². The fraction of sp³-hybridized carbons (Fsp3) is 0.429. The van der Waals surface area contributed by atoms with Gasteiger partial charge in [0.05, 0.1) is 11.0 Å². The number of halogens is 1. The Morgan fingerprint density at radius 2 is 1.94 bits per heavy atom. The predicted octanol–water partition coefficient (Wildman–Crippen LogP) is 5.68. The topological polar surface area (TPSA) is 58.6 Å². The molecule has 1 aliphatic carbocycles. The fourth-order valence-electron chi connectivity index (χ4n) is 5.19. The quantitative estimate of drug-likeness (QED) is 0.508. The van der Waals surface area contributed by atoms with Gasteiger partial charge in [0.15, 0.2) is 0 Å². The lowest BCUT2D eigenvalue weighted by atomic mass is 9.92. The number of nitrogens with zero attached hydrogens (tertiary/aromatic N) is 1. The number of amides is 2. The van der Waals surface area contributed by atoms with Gasteiger partial charge in [0, 0.05) is 41.6 Å². The highest BCUT2D eigenvalue weighted by molar-refractivity contribution is 8.04. The van der Waals surface area contributed by atoms with Crippen LogP contribution in [0.4, 0.5) is 0 Å². The van der Waals surface area contributed by atoms with Crippen LogP contribution >= 0.6 is 23.4 Å². The van der Waals surface area contributed by atoms with E-state index >= 15 is 0 Å². The summed E-state index contributed by atoms with van der Waals surface area (Å²) in [6.45, 7) is 1.89. The highest BCUT2D eigenvalue weighted by atomic mass is 35.5. The molecule has 3 unspecified atom stereocenters. The molecule has 2 amide bonds. The Kier molecular flexibility index (Phi) is 7.81. The van der Waals surface area contributed by atoms with Crippen molar-refractivity contribution < 1.29 is 14.3 Å². The van der Waals surface area contributed by atoms with E-state index in [9.17, 15) is 9.59 Å². The summed E-state index contributed by atoms with van der Waals surface area (Å²) < 4.78 is 5.58. The minimum Gasteiger partial charge on any atom is -0.376 e. The maximum atomic E-state index is 13.6. The summed E-state index contributed by atoms with van der Waals surface area (Å²) in [4.78, 5) is 28.9. The van der Waals surface area contributed by atoms with Crippen molar-refractivity contribution in [3.63, 3.8) is 0 Å². The number of carbonyl (C=O) groups is 2. The molecule has 35 heavy (non-hydrogen) atoms. The molecule has 0 aromatic heterocycles. The maximum absolute atomic E-state index is 13.6. The molecule has 3 fully saturated rings. The van der Waals surface area contributed by atoms with Crippen molar-refractivity contribution in [2.24, 2.45) is 0 Å². The number of fused-ring (bicyclic) bond motifs is 1. The first-order valence-electron chi connectivity index (χ1n) is 12.5. The SMILES string of the molecule is O=C(NCC1CCCO1)c1ccc(/C=C2\SC3CCCCC3N(Cc3cccc(Cl)c3)C2=O)cc1. The second-order valence-corrected chi connectivity index (χ2v) is 11.3. The Labute approximate surface area is 216 Å². The van der Waals surface area contributed by atoms with Gasteiger partial charge in [0.1, 0.15) is 0 Å². The van der Waals surface area contributed by atoms with Crippen molar-refractivity contribution >= 4 is 41.3 Å². The number of carbonyl (C=O) groups excluding carboxylic acids is 2. The Balaban J connectivity index is 1.30. The number of ether oxygens (including phenoxy) is 1. The smallest absolute Gasteiger partial charge is 0.260 e. The van der Waals surface area contributed by atoms with E-state index in [1.54, 1.807) is 11.8 Å². The van der Waals surface area contributed by atoms with Gasteiger partial charge in [-0.1, -0.05) is 48.7 Å². The molecule has 1 N–H and O–H groups in total. The average molecular weight is 511 g/mol. The third kappa shape index (κ3) is 5.93. The summed E-state index contributed by atoms with van der Waals surface area (Å²) >= 11 is 7.93. The number of hydrogen-bond donors (Lipinski definition) is 1. The van der Waals surface area contributed by atoms with Crippen molar-refractivity contribution in [2.45, 2.75) is 62.5 Å². The highest BCUT2D eigenvalue weighted by Crippen LogP contribution is 2.42. The normalized spacial score (nSPS) is 25.5. The Bertz CT molecular complexity index is 1100. The summed E-state index contributed by atoms with van der Waals surface area (Å²) in [7, 11) is 0. The average Bonchev–Trinajstić information content (AvgIpc) is 3.39. The second kappa shape index (κ2) is 11.2. The van der Waals surface area contributed by atoms with E-state index in [1.165, 1.54) is 6.42 Å². The summed E-state index contributed by atoms with van der Waals surface area (Å²) in [5.74, 6) is -0.0166. The van der Waals surface area contributed by atoms with E-state index in [0.29, 0.717) is 28.9 Å². The van der Waals surface area contributed by atoms with Gasteiger partial charge in [-0.2, -0.15) is 0 Å². The first-order chi connectivity index (χ1) is 17.1. The van der Waals surface area contributed by atoms with Crippen LogP contribution in [0.3, 0.4) is 0 Å². The van der Waals surface area contributed by atoms with Crippen LogP contribution in [0.2, 0.25) is 5.02 Å². The van der Waals surface area contributed by atoms with Crippen molar-refractivity contribution in [3.05, 3.63) is 75.1 Å². The standard InChI is InChI=1S/C28H31ClN2O3S/c29-22-6-3-5-20(15-22)18-31-24-8-1-2-9-25(24)35-26(28(31)33)16-19-10-12-21(13-11-19)27(32)30-17-23-7-4-14-34-23/h3,5-6,10-13,15-16,23-25H,1-2,4,7-9,14,17-18H2,(H,30,32)/b26-16-. The summed E-state index contributed by atoms with van der Waals surface area (Å²) in [5.41, 5.74) is 2.59. The summed E-state index contributed by atoms with van der Waals surface area (Å²) in [6.07, 6.45) is 8.68. The molecule has 2 saturated heterocycles. The lowest BCUT2D eigenvalue weighted by Gasteiger charge is -2.44. The van der Waals surface area contributed by atoms with E-state index in [0.717, 1.165) is 54.7 Å². The van der Waals surface area contributed by atoms with E-state index in [1.807, 2.05) is 59.5 Å². The molecule has 2 aromatic carbocycles. The van der Waals surface area contributed by atoms with Gasteiger partial charge in [-0.3, -0.25) is 9.59 Å². The molecular formula is C28H31ClN2O3S. The Morgan fingerprint density at radius 3 is 2.71 bits per heavy atom. The number of hydrogen-bond acceptors (Lipinski definition) is 4. The first-order valence-corrected chi connectivity index (χ1v) is 13.8. The van der Waals surface area contributed by atoms with Crippen LogP contribution in [-0.4, -0.2) is 47.3 Å². The predicted molar refractivity (Wildman–Crippen MR) is 141 cm³/mol. The van der Waals surface area contributed by atoms with Crippen molar-refractivity contribution in [2.75, 3.05) is 13.2 Å². The van der Waals surface area contributed by atoms with Crippen LogP contribution in [0.15, 0.2) is 53.4 Å². The molecule has 2 heterocycles. The molecule has 1 saturated carbocycles. The van der Waals surface area contributed by atoms with E-state index in [-0.39, 0.29) is 24.0 Å². The molecular weight excluding hydrogens is 480 g/mol. The molecule has 2 aromatic rings. The minimum absolute atomic E-state index is 0.0801. The van der Waals surface area contributed by atoms with Gasteiger partial charge in [0.25, 0.3) is 11.8 Å². The molecule has 5 rings (SSSR count). The van der Waals surface area contributed by atoms with E-state index in [4.69, 9.17) is 16.3 Å². The van der Waals surface area contributed by atoms with Crippen molar-refractivity contribution in [1.82, 2.24) is 10.2 Å². The van der Waals surface area contributed by atoms with Crippen LogP contribution in [0.5, 0.6) is 0 Å². The molecule has 2 aliphatic heterocycles. The van der Waals surface area contributed by atoms with Gasteiger partial charge in [-0.25, -0.2) is 0 Å². The molecule has 3 aliphatic rings. The number of benzene rings is 2. The van der Waals surface area contributed by atoms with Crippen molar-refractivity contribution in [3.8, 4) is 0 Å². The largest absolute Gasteiger partial charge is 0.376 e. The van der Waals surface area contributed by atoms with Gasteiger partial charge >= 0.3 is 0 Å². The Morgan fingerprint density at radius 1 is 1.11 bits per heavy atom. The maximum Gasteiger partial charge on any atom is 0.260 e. The fourth-order valence-corrected chi connectivity index (χ4v) is 6.88. The lowest BCUT2D eigenvalue weighted by Crippen LogP contribution is -2.50. The van der Waals surface area contributed by atoms with E-state index in [2.05, 4.69) is 5.32 Å². The van der Waals surface area contributed by atoms with Crippen LogP contribution < -0.4 is 5.32 Å². The van der Waals surface area contributed by atoms with Gasteiger partial charge < -0.3 is 15.0 Å². The second-order valence-electron chi connectivity index (χ2n) is 9.55. The molecule has 0 bridgehead atoms. The Hall–Kier alpha value is -2.28. The van der Waals surface area contributed by atoms with Gasteiger partial charge in [-0.05, 0) is 67.2 Å². The zero-order valence-corrected chi connectivity index (χ0v) is 21.3. The monoisotopic (exact) mass is 510 g/mol. The van der Waals surface area contributed by atoms with Crippen LogP contribution in [0.25, 0.3) is 6.08 Å². The zero-order chi connectivity index (χ0) is 24.2. The molecule has 184 valence electrons. The molecule has 0 spiro atoms. The van der Waals surface area contributed by atoms with Crippen LogP contribution in [-0.2, 0) is 16.1 Å². The number of rotatable bonds is 6. The third-order valence-corrected chi connectivity index (χ3v) is 8.68. The molecule has 5 nitrogen and oxygen atoms in total. The van der Waals surface area contributed by atoms with Gasteiger partial charge in [0.2, 0.25) is 0 Å². The highest BCUT2D eigenvalue weighted by Gasteiger charge is 2.40. The minimum atomic E-state index is -0.0967. The van der Waals surface area contributed by atoms with Crippen LogP contribution in [0, 0.1) is 0 Å². The summed E-state index contributed by atoms with van der Waals surface area (Å²) in [5, 5.41) is 4.06. The number of nitrogens with one attached hydrogen (secondary N) is 1. The molecule has 7 heteroatoms. The lowest BCUT2D eigenvalue weighted by molar-refractivity contribution is -0.130.